The number of nitrogens with one attached hydrogen (secondary N) is 2. The molecule has 0 unspecified atom stereocenters. The highest BCUT2D eigenvalue weighted by molar-refractivity contribution is 6.12. The lowest BCUT2D eigenvalue weighted by molar-refractivity contribution is -0.137. The molecule has 1 aromatic rings. The quantitative estimate of drug-likeness (QED) is 0.685. The van der Waals surface area contributed by atoms with Crippen molar-refractivity contribution in [1.82, 2.24) is 5.32 Å². The predicted molar refractivity (Wildman–Crippen MR) is 76.8 cm³/mol. The number of anilines is 1. The van der Waals surface area contributed by atoms with Gasteiger partial charge in [-0.3, -0.25) is 14.4 Å². The van der Waals surface area contributed by atoms with Crippen molar-refractivity contribution in [3.05, 3.63) is 29.8 Å². The second-order valence-electron chi connectivity index (χ2n) is 5.21. The molecule has 1 aliphatic rings. The number of aliphatic carboxylic acids is 1. The van der Waals surface area contributed by atoms with Crippen molar-refractivity contribution in [3.63, 3.8) is 0 Å². The average molecular weight is 290 g/mol. The molecule has 1 aliphatic carbocycles. The van der Waals surface area contributed by atoms with Crippen molar-refractivity contribution in [3.8, 4) is 0 Å². The minimum Gasteiger partial charge on any atom is -0.481 e. The van der Waals surface area contributed by atoms with E-state index in [1.54, 1.807) is 24.3 Å². The summed E-state index contributed by atoms with van der Waals surface area (Å²) in [6, 6.07) is 6.99. The van der Waals surface area contributed by atoms with Gasteiger partial charge in [-0.05, 0) is 37.0 Å². The maximum absolute atomic E-state index is 12.1. The molecule has 2 rings (SSSR count). The van der Waals surface area contributed by atoms with E-state index in [9.17, 15) is 14.4 Å². The van der Waals surface area contributed by atoms with E-state index in [-0.39, 0.29) is 18.2 Å². The molecule has 112 valence electrons. The van der Waals surface area contributed by atoms with Gasteiger partial charge in [0.05, 0.1) is 0 Å². The summed E-state index contributed by atoms with van der Waals surface area (Å²) < 4.78 is 0. The lowest BCUT2D eigenvalue weighted by Crippen LogP contribution is -2.38. The van der Waals surface area contributed by atoms with Crippen molar-refractivity contribution in [1.29, 1.82) is 0 Å². The van der Waals surface area contributed by atoms with Crippen molar-refractivity contribution < 1.29 is 19.5 Å². The molecule has 0 spiro atoms. The molecule has 21 heavy (non-hydrogen) atoms. The zero-order valence-corrected chi connectivity index (χ0v) is 11.8. The molecule has 0 heterocycles. The molecule has 6 nitrogen and oxygen atoms in total. The zero-order chi connectivity index (χ0) is 15.5. The van der Waals surface area contributed by atoms with Crippen LogP contribution in [0.15, 0.2) is 24.3 Å². The maximum atomic E-state index is 12.1. The Labute approximate surface area is 122 Å². The summed E-state index contributed by atoms with van der Waals surface area (Å²) >= 11 is 0. The van der Waals surface area contributed by atoms with E-state index >= 15 is 0 Å². The summed E-state index contributed by atoms with van der Waals surface area (Å²) in [6.07, 6.45) is 1.65. The number of aryl methyl sites for hydroxylation is 1. The van der Waals surface area contributed by atoms with Crippen LogP contribution in [0.2, 0.25) is 0 Å². The Kier molecular flexibility index (Phi) is 4.26. The Balaban J connectivity index is 1.96. The first-order valence-electron chi connectivity index (χ1n) is 6.82. The molecule has 0 saturated heterocycles. The molecule has 0 radical (unpaired) electrons. The van der Waals surface area contributed by atoms with Gasteiger partial charge in [-0.15, -0.1) is 0 Å². The van der Waals surface area contributed by atoms with Gasteiger partial charge < -0.3 is 15.7 Å². The van der Waals surface area contributed by atoms with Crippen LogP contribution in [-0.4, -0.2) is 29.9 Å². The first-order valence-corrected chi connectivity index (χ1v) is 6.82. The van der Waals surface area contributed by atoms with Gasteiger partial charge in [0.25, 0.3) is 0 Å². The summed E-state index contributed by atoms with van der Waals surface area (Å²) in [5.41, 5.74) is 0.577. The first kappa shape index (κ1) is 15.0. The van der Waals surface area contributed by atoms with Gasteiger partial charge in [0.15, 0.2) is 0 Å². The van der Waals surface area contributed by atoms with Crippen molar-refractivity contribution >= 4 is 23.5 Å². The molecular weight excluding hydrogens is 272 g/mol. The van der Waals surface area contributed by atoms with Gasteiger partial charge in [-0.2, -0.15) is 0 Å². The SMILES string of the molecule is CNC(=O)C1(C(=O)Nc2ccc(CCC(=O)O)cc2)CC1. The normalized spacial score (nSPS) is 15.1. The fourth-order valence-corrected chi connectivity index (χ4v) is 2.18. The Morgan fingerprint density at radius 3 is 2.24 bits per heavy atom. The Morgan fingerprint density at radius 1 is 1.14 bits per heavy atom. The van der Waals surface area contributed by atoms with E-state index in [1.165, 1.54) is 7.05 Å². The van der Waals surface area contributed by atoms with Crippen LogP contribution in [-0.2, 0) is 20.8 Å². The van der Waals surface area contributed by atoms with E-state index in [2.05, 4.69) is 10.6 Å². The van der Waals surface area contributed by atoms with Crippen LogP contribution >= 0.6 is 0 Å². The molecule has 0 aromatic heterocycles. The highest BCUT2D eigenvalue weighted by Crippen LogP contribution is 2.46. The summed E-state index contributed by atoms with van der Waals surface area (Å²) in [5.74, 6) is -1.38. The molecule has 3 N–H and O–H groups in total. The van der Waals surface area contributed by atoms with E-state index in [0.717, 1.165) is 5.56 Å². The molecule has 1 fully saturated rings. The third kappa shape index (κ3) is 3.39. The molecule has 0 bridgehead atoms. The number of hydrogen-bond donors (Lipinski definition) is 3. The van der Waals surface area contributed by atoms with E-state index in [1.807, 2.05) is 0 Å². The predicted octanol–water partition coefficient (Wildman–Crippen LogP) is 1.17. The lowest BCUT2D eigenvalue weighted by atomic mass is 10.0. The van der Waals surface area contributed by atoms with Crippen LogP contribution in [0.3, 0.4) is 0 Å². The Morgan fingerprint density at radius 2 is 1.76 bits per heavy atom. The molecular formula is C15H18N2O4. The van der Waals surface area contributed by atoms with Gasteiger partial charge in [0.1, 0.15) is 5.41 Å². The van der Waals surface area contributed by atoms with E-state index in [4.69, 9.17) is 5.11 Å². The number of carboxylic acid groups (broad SMARTS) is 1. The molecule has 1 aromatic carbocycles. The Hall–Kier alpha value is -2.37. The third-order valence-corrected chi connectivity index (χ3v) is 3.69. The molecule has 0 aliphatic heterocycles. The average Bonchev–Trinajstić information content (AvgIpc) is 3.27. The van der Waals surface area contributed by atoms with Gasteiger partial charge >= 0.3 is 5.97 Å². The molecule has 0 atom stereocenters. The lowest BCUT2D eigenvalue weighted by Gasteiger charge is -2.13. The number of carbonyl (C=O) groups is 3. The molecule has 1 saturated carbocycles. The summed E-state index contributed by atoms with van der Waals surface area (Å²) in [4.78, 5) is 34.4. The third-order valence-electron chi connectivity index (χ3n) is 3.69. The van der Waals surface area contributed by atoms with Crippen molar-refractivity contribution in [2.24, 2.45) is 5.41 Å². The number of rotatable bonds is 6. The van der Waals surface area contributed by atoms with Crippen LogP contribution in [0.5, 0.6) is 0 Å². The van der Waals surface area contributed by atoms with E-state index < -0.39 is 11.4 Å². The summed E-state index contributed by atoms with van der Waals surface area (Å²) in [6.45, 7) is 0. The molecule has 6 heteroatoms. The highest BCUT2D eigenvalue weighted by Gasteiger charge is 2.56. The van der Waals surface area contributed by atoms with Crippen LogP contribution in [0.1, 0.15) is 24.8 Å². The first-order chi connectivity index (χ1) is 9.98. The van der Waals surface area contributed by atoms with Gasteiger partial charge in [0, 0.05) is 19.2 Å². The second kappa shape index (κ2) is 5.95. The Bertz CT molecular complexity index is 562. The number of hydrogen-bond acceptors (Lipinski definition) is 3. The minimum absolute atomic E-state index is 0.0749. The van der Waals surface area contributed by atoms with Crippen LogP contribution in [0, 0.1) is 5.41 Å². The minimum atomic E-state index is -0.920. The number of carbonyl (C=O) groups excluding carboxylic acids is 2. The largest absolute Gasteiger partial charge is 0.481 e. The highest BCUT2D eigenvalue weighted by atomic mass is 16.4. The van der Waals surface area contributed by atoms with E-state index in [0.29, 0.717) is 24.9 Å². The smallest absolute Gasteiger partial charge is 0.303 e. The fourth-order valence-electron chi connectivity index (χ4n) is 2.18. The molecule has 2 amide bonds. The summed E-state index contributed by atoms with van der Waals surface area (Å²) in [5, 5.41) is 13.9. The maximum Gasteiger partial charge on any atom is 0.303 e. The monoisotopic (exact) mass is 290 g/mol. The standard InChI is InChI=1S/C15H18N2O4/c1-16-13(20)15(8-9-15)14(21)17-11-5-2-10(3-6-11)4-7-12(18)19/h2-3,5-6H,4,7-9H2,1H3,(H,16,20)(H,17,21)(H,18,19). The van der Waals surface area contributed by atoms with Crippen LogP contribution < -0.4 is 10.6 Å². The van der Waals surface area contributed by atoms with Gasteiger partial charge in [-0.1, -0.05) is 12.1 Å². The van der Waals surface area contributed by atoms with Gasteiger partial charge in [0.2, 0.25) is 11.8 Å². The van der Waals surface area contributed by atoms with Gasteiger partial charge in [-0.25, -0.2) is 0 Å². The van der Waals surface area contributed by atoms with Crippen molar-refractivity contribution in [2.45, 2.75) is 25.7 Å². The number of carboxylic acids is 1. The topological polar surface area (TPSA) is 95.5 Å². The number of benzene rings is 1. The zero-order valence-electron chi connectivity index (χ0n) is 11.8. The second-order valence-corrected chi connectivity index (χ2v) is 5.21. The van der Waals surface area contributed by atoms with Crippen LogP contribution in [0.4, 0.5) is 5.69 Å². The summed E-state index contributed by atoms with van der Waals surface area (Å²) in [7, 11) is 1.52. The number of amides is 2. The fraction of sp³-hybridized carbons (Fsp3) is 0.400. The van der Waals surface area contributed by atoms with Crippen LogP contribution in [0.25, 0.3) is 0 Å². The van der Waals surface area contributed by atoms with Crippen molar-refractivity contribution in [2.75, 3.05) is 12.4 Å².